The zero-order valence-electron chi connectivity index (χ0n) is 11.9. The maximum absolute atomic E-state index is 12.5. The van der Waals surface area contributed by atoms with Crippen LogP contribution in [0.4, 0.5) is 0 Å². The Labute approximate surface area is 125 Å². The highest BCUT2D eigenvalue weighted by Crippen LogP contribution is 2.28. The number of thiophene rings is 1. The van der Waals surface area contributed by atoms with Crippen LogP contribution in [0.15, 0.2) is 10.3 Å². The van der Waals surface area contributed by atoms with E-state index in [9.17, 15) is 13.5 Å². The summed E-state index contributed by atoms with van der Waals surface area (Å²) in [7, 11) is -3.52. The first-order valence-corrected chi connectivity index (χ1v) is 9.61. The Kier molecular flexibility index (Phi) is 5.60. The van der Waals surface area contributed by atoms with Crippen LogP contribution in [0.25, 0.3) is 0 Å². The largest absolute Gasteiger partial charge is 0.391 e. The lowest BCUT2D eigenvalue weighted by Gasteiger charge is -2.21. The number of aryl methyl sites for hydroxylation is 1. The van der Waals surface area contributed by atoms with E-state index >= 15 is 0 Å². The van der Waals surface area contributed by atoms with E-state index in [0.29, 0.717) is 4.88 Å². The van der Waals surface area contributed by atoms with Crippen molar-refractivity contribution in [2.24, 2.45) is 0 Å². The van der Waals surface area contributed by atoms with Gasteiger partial charge in [-0.05, 0) is 30.7 Å². The Morgan fingerprint density at radius 3 is 2.45 bits per heavy atom. The molecule has 1 aromatic rings. The molecule has 4 nitrogen and oxygen atoms in total. The molecule has 1 fully saturated rings. The standard InChI is InChI=1S/C14H23NO3S2/c1-11-10-19-13(9-16)14(11)20(17,18)15-12-7-5-3-2-4-6-8-12/h10,12,15-16H,2-9H2,1H3. The Balaban J connectivity index is 2.15. The van der Waals surface area contributed by atoms with Crippen molar-refractivity contribution in [3.63, 3.8) is 0 Å². The summed E-state index contributed by atoms with van der Waals surface area (Å²) in [5.41, 5.74) is 0.720. The van der Waals surface area contributed by atoms with Crippen molar-refractivity contribution in [2.75, 3.05) is 0 Å². The molecule has 0 aliphatic heterocycles. The SMILES string of the molecule is Cc1csc(CO)c1S(=O)(=O)NC1CCCCCCC1. The van der Waals surface area contributed by atoms with Crippen molar-refractivity contribution in [1.82, 2.24) is 4.72 Å². The van der Waals surface area contributed by atoms with Crippen molar-refractivity contribution in [3.05, 3.63) is 15.8 Å². The topological polar surface area (TPSA) is 66.4 Å². The van der Waals surface area contributed by atoms with E-state index in [2.05, 4.69) is 4.72 Å². The van der Waals surface area contributed by atoms with E-state index in [-0.39, 0.29) is 17.5 Å². The van der Waals surface area contributed by atoms with Crippen molar-refractivity contribution in [1.29, 1.82) is 0 Å². The van der Waals surface area contributed by atoms with Gasteiger partial charge in [0.2, 0.25) is 10.0 Å². The molecule has 0 bridgehead atoms. The van der Waals surface area contributed by atoms with E-state index in [1.807, 2.05) is 0 Å². The number of sulfonamides is 1. The van der Waals surface area contributed by atoms with Gasteiger partial charge >= 0.3 is 0 Å². The van der Waals surface area contributed by atoms with Gasteiger partial charge in [-0.25, -0.2) is 13.1 Å². The molecular weight excluding hydrogens is 294 g/mol. The van der Waals surface area contributed by atoms with Gasteiger partial charge < -0.3 is 5.11 Å². The van der Waals surface area contributed by atoms with Gasteiger partial charge in [0.05, 0.1) is 11.5 Å². The van der Waals surface area contributed by atoms with Crippen LogP contribution in [-0.4, -0.2) is 19.6 Å². The Morgan fingerprint density at radius 1 is 1.25 bits per heavy atom. The smallest absolute Gasteiger partial charge is 0.242 e. The monoisotopic (exact) mass is 317 g/mol. The van der Waals surface area contributed by atoms with Crippen LogP contribution in [0.1, 0.15) is 55.4 Å². The number of aliphatic hydroxyl groups excluding tert-OH is 1. The third-order valence-corrected chi connectivity index (χ3v) is 6.80. The minimum absolute atomic E-state index is 0.0335. The molecule has 0 unspecified atom stereocenters. The molecule has 1 aromatic heterocycles. The zero-order chi connectivity index (χ0) is 14.6. The lowest BCUT2D eigenvalue weighted by molar-refractivity contribution is 0.282. The molecule has 0 spiro atoms. The molecule has 0 radical (unpaired) electrons. The number of aliphatic hydroxyl groups is 1. The summed E-state index contributed by atoms with van der Waals surface area (Å²) >= 11 is 1.30. The molecule has 1 saturated carbocycles. The van der Waals surface area contributed by atoms with Gasteiger partial charge in [0.15, 0.2) is 0 Å². The van der Waals surface area contributed by atoms with E-state index in [1.54, 1.807) is 12.3 Å². The lowest BCUT2D eigenvalue weighted by Crippen LogP contribution is -2.35. The van der Waals surface area contributed by atoms with Crippen LogP contribution in [0.5, 0.6) is 0 Å². The highest BCUT2D eigenvalue weighted by Gasteiger charge is 2.25. The van der Waals surface area contributed by atoms with Gasteiger partial charge in [-0.3, -0.25) is 0 Å². The van der Waals surface area contributed by atoms with Crippen LogP contribution in [0.3, 0.4) is 0 Å². The number of rotatable bonds is 4. The van der Waals surface area contributed by atoms with Crippen LogP contribution >= 0.6 is 11.3 Å². The molecule has 114 valence electrons. The third-order valence-electron chi connectivity index (χ3n) is 3.83. The average Bonchev–Trinajstić information content (AvgIpc) is 2.74. The quantitative estimate of drug-likeness (QED) is 0.897. The third kappa shape index (κ3) is 3.81. The summed E-state index contributed by atoms with van der Waals surface area (Å²) < 4.78 is 27.9. The molecule has 6 heteroatoms. The highest BCUT2D eigenvalue weighted by atomic mass is 32.2. The molecule has 1 aliphatic rings. The first-order valence-electron chi connectivity index (χ1n) is 7.25. The number of hydrogen-bond donors (Lipinski definition) is 2. The average molecular weight is 317 g/mol. The first kappa shape index (κ1) is 15.9. The van der Waals surface area contributed by atoms with E-state index < -0.39 is 10.0 Å². The van der Waals surface area contributed by atoms with Crippen LogP contribution in [0, 0.1) is 6.92 Å². The summed E-state index contributed by atoms with van der Waals surface area (Å²) in [6, 6.07) is 0.0335. The summed E-state index contributed by atoms with van der Waals surface area (Å²) in [6.45, 7) is 1.56. The summed E-state index contributed by atoms with van der Waals surface area (Å²) in [5, 5.41) is 11.1. The lowest BCUT2D eigenvalue weighted by atomic mass is 9.97. The normalized spacial score (nSPS) is 18.7. The summed E-state index contributed by atoms with van der Waals surface area (Å²) in [6.07, 6.45) is 7.64. The number of nitrogens with one attached hydrogen (secondary N) is 1. The Hall–Kier alpha value is -0.430. The molecule has 0 saturated heterocycles. The second kappa shape index (κ2) is 7.02. The summed E-state index contributed by atoms with van der Waals surface area (Å²) in [5.74, 6) is 0. The molecule has 0 aromatic carbocycles. The second-order valence-electron chi connectivity index (χ2n) is 5.49. The number of hydrogen-bond acceptors (Lipinski definition) is 4. The zero-order valence-corrected chi connectivity index (χ0v) is 13.5. The molecule has 0 atom stereocenters. The highest BCUT2D eigenvalue weighted by molar-refractivity contribution is 7.89. The molecule has 2 rings (SSSR count). The molecule has 2 N–H and O–H groups in total. The maximum atomic E-state index is 12.5. The second-order valence-corrected chi connectivity index (χ2v) is 8.11. The van der Waals surface area contributed by atoms with Crippen LogP contribution in [0.2, 0.25) is 0 Å². The first-order chi connectivity index (χ1) is 9.54. The van der Waals surface area contributed by atoms with Crippen molar-refractivity contribution < 1.29 is 13.5 Å². The van der Waals surface area contributed by atoms with Gasteiger partial charge in [0.1, 0.15) is 4.90 Å². The minimum Gasteiger partial charge on any atom is -0.391 e. The fraction of sp³-hybridized carbons (Fsp3) is 0.714. The predicted octanol–water partition coefficient (Wildman–Crippen LogP) is 2.94. The molecule has 20 heavy (non-hydrogen) atoms. The van der Waals surface area contributed by atoms with Crippen LogP contribution < -0.4 is 4.72 Å². The Morgan fingerprint density at radius 2 is 1.85 bits per heavy atom. The predicted molar refractivity (Wildman–Crippen MR) is 81.4 cm³/mol. The van der Waals surface area contributed by atoms with E-state index in [1.165, 1.54) is 30.6 Å². The van der Waals surface area contributed by atoms with Crippen LogP contribution in [-0.2, 0) is 16.6 Å². The van der Waals surface area contributed by atoms with Crippen molar-refractivity contribution in [3.8, 4) is 0 Å². The molecule has 1 aliphatic carbocycles. The van der Waals surface area contributed by atoms with Gasteiger partial charge in [0.25, 0.3) is 0 Å². The molecule has 1 heterocycles. The van der Waals surface area contributed by atoms with Gasteiger partial charge in [0, 0.05) is 6.04 Å². The van der Waals surface area contributed by atoms with Gasteiger partial charge in [-0.1, -0.05) is 32.1 Å². The Bertz CT molecular complexity index is 529. The fourth-order valence-electron chi connectivity index (χ4n) is 2.81. The van der Waals surface area contributed by atoms with E-state index in [0.717, 1.165) is 31.2 Å². The molecule has 0 amide bonds. The molecular formula is C14H23NO3S2. The van der Waals surface area contributed by atoms with Crippen molar-refractivity contribution in [2.45, 2.75) is 69.4 Å². The summed E-state index contributed by atoms with van der Waals surface area (Å²) in [4.78, 5) is 0.813. The fourth-order valence-corrected chi connectivity index (χ4v) is 5.78. The minimum atomic E-state index is -3.52. The van der Waals surface area contributed by atoms with Gasteiger partial charge in [-0.2, -0.15) is 0 Å². The maximum Gasteiger partial charge on any atom is 0.242 e. The van der Waals surface area contributed by atoms with Crippen molar-refractivity contribution >= 4 is 21.4 Å². The van der Waals surface area contributed by atoms with Gasteiger partial charge in [-0.15, -0.1) is 11.3 Å². The van der Waals surface area contributed by atoms with E-state index in [4.69, 9.17) is 0 Å².